The molecule has 0 spiro atoms. The van der Waals surface area contributed by atoms with E-state index in [0.29, 0.717) is 16.9 Å². The van der Waals surface area contributed by atoms with Gasteiger partial charge in [-0.2, -0.15) is 0 Å². The summed E-state index contributed by atoms with van der Waals surface area (Å²) in [6.07, 6.45) is 1.83. The van der Waals surface area contributed by atoms with Crippen molar-refractivity contribution in [2.75, 3.05) is 10.6 Å². The molecule has 0 saturated heterocycles. The number of hydrogen-bond donors (Lipinski definition) is 2. The van der Waals surface area contributed by atoms with Crippen molar-refractivity contribution < 1.29 is 9.59 Å². The Bertz CT molecular complexity index is 725. The zero-order valence-corrected chi connectivity index (χ0v) is 14.4. The molecule has 0 aromatic heterocycles. The van der Waals surface area contributed by atoms with Crippen LogP contribution in [0.2, 0.25) is 0 Å². The van der Waals surface area contributed by atoms with E-state index in [1.54, 1.807) is 18.2 Å². The van der Waals surface area contributed by atoms with E-state index in [1.165, 1.54) is 0 Å². The van der Waals surface area contributed by atoms with Crippen molar-refractivity contribution in [3.05, 3.63) is 59.7 Å². The van der Waals surface area contributed by atoms with E-state index in [-0.39, 0.29) is 17.7 Å². The van der Waals surface area contributed by atoms with Crippen molar-refractivity contribution in [1.82, 2.24) is 0 Å². The molecule has 1 atom stereocenters. The Morgan fingerprint density at radius 2 is 1.67 bits per heavy atom. The quantitative estimate of drug-likeness (QED) is 0.814. The molecule has 0 heterocycles. The largest absolute Gasteiger partial charge is 0.326 e. The van der Waals surface area contributed by atoms with Crippen LogP contribution in [0.4, 0.5) is 11.4 Å². The second kappa shape index (κ2) is 8.29. The van der Waals surface area contributed by atoms with Crippen LogP contribution in [0.5, 0.6) is 0 Å². The van der Waals surface area contributed by atoms with E-state index in [9.17, 15) is 9.59 Å². The fourth-order valence-electron chi connectivity index (χ4n) is 2.53. The van der Waals surface area contributed by atoms with Crippen LogP contribution in [0.25, 0.3) is 0 Å². The zero-order valence-electron chi connectivity index (χ0n) is 14.4. The summed E-state index contributed by atoms with van der Waals surface area (Å²) in [5.74, 6) is -0.185. The molecular formula is C20H24N2O2. The first-order valence-electron chi connectivity index (χ1n) is 8.29. The first kappa shape index (κ1) is 17.7. The normalized spacial score (nSPS) is 11.6. The van der Waals surface area contributed by atoms with Crippen molar-refractivity contribution in [3.8, 4) is 0 Å². The van der Waals surface area contributed by atoms with Gasteiger partial charge < -0.3 is 10.6 Å². The average Bonchev–Trinajstić information content (AvgIpc) is 2.55. The molecule has 0 aliphatic carbocycles. The molecular weight excluding hydrogens is 300 g/mol. The summed E-state index contributed by atoms with van der Waals surface area (Å²) in [5, 5.41) is 5.78. The molecule has 0 saturated carbocycles. The summed E-state index contributed by atoms with van der Waals surface area (Å²) in [5.41, 5.74) is 2.91. The molecule has 2 N–H and O–H groups in total. The summed E-state index contributed by atoms with van der Waals surface area (Å²) in [4.78, 5) is 24.5. The van der Waals surface area contributed by atoms with Crippen molar-refractivity contribution in [2.45, 2.75) is 33.6 Å². The van der Waals surface area contributed by atoms with Gasteiger partial charge in [-0.3, -0.25) is 9.59 Å². The predicted molar refractivity (Wildman–Crippen MR) is 98.3 cm³/mol. The SMILES string of the molecule is CCCC(C)C(=O)Nc1cccc(NC(=O)c2ccccc2C)c1. The topological polar surface area (TPSA) is 58.2 Å². The van der Waals surface area contributed by atoms with Gasteiger partial charge in [0.2, 0.25) is 5.91 Å². The van der Waals surface area contributed by atoms with E-state index in [2.05, 4.69) is 17.6 Å². The third-order valence-electron chi connectivity index (χ3n) is 3.95. The van der Waals surface area contributed by atoms with Crippen LogP contribution >= 0.6 is 0 Å². The number of aryl methyl sites for hydroxylation is 1. The summed E-state index contributed by atoms with van der Waals surface area (Å²) in [6, 6.07) is 14.7. The van der Waals surface area contributed by atoms with Gasteiger partial charge in [-0.15, -0.1) is 0 Å². The first-order valence-corrected chi connectivity index (χ1v) is 8.29. The highest BCUT2D eigenvalue weighted by atomic mass is 16.2. The minimum Gasteiger partial charge on any atom is -0.326 e. The molecule has 0 bridgehead atoms. The molecule has 0 aliphatic heterocycles. The Morgan fingerprint density at radius 3 is 2.33 bits per heavy atom. The second-order valence-electron chi connectivity index (χ2n) is 6.03. The number of rotatable bonds is 6. The lowest BCUT2D eigenvalue weighted by Gasteiger charge is -2.13. The smallest absolute Gasteiger partial charge is 0.255 e. The molecule has 4 nitrogen and oxygen atoms in total. The van der Waals surface area contributed by atoms with Crippen LogP contribution in [0.1, 0.15) is 42.6 Å². The van der Waals surface area contributed by atoms with Gasteiger partial charge in [0.25, 0.3) is 5.91 Å². The lowest BCUT2D eigenvalue weighted by Crippen LogP contribution is -2.20. The maximum atomic E-state index is 12.4. The minimum atomic E-state index is -0.157. The van der Waals surface area contributed by atoms with E-state index in [1.807, 2.05) is 44.2 Å². The molecule has 1 unspecified atom stereocenters. The number of benzene rings is 2. The van der Waals surface area contributed by atoms with Crippen LogP contribution in [0.15, 0.2) is 48.5 Å². The maximum absolute atomic E-state index is 12.4. The Kier molecular flexibility index (Phi) is 6.13. The van der Waals surface area contributed by atoms with E-state index >= 15 is 0 Å². The minimum absolute atomic E-state index is 0.000713. The first-order chi connectivity index (χ1) is 11.5. The number of hydrogen-bond acceptors (Lipinski definition) is 2. The average molecular weight is 324 g/mol. The highest BCUT2D eigenvalue weighted by molar-refractivity contribution is 6.05. The van der Waals surface area contributed by atoms with Crippen LogP contribution in [0.3, 0.4) is 0 Å². The third-order valence-corrected chi connectivity index (χ3v) is 3.95. The summed E-state index contributed by atoms with van der Waals surface area (Å²) >= 11 is 0. The van der Waals surface area contributed by atoms with Crippen LogP contribution in [-0.2, 0) is 4.79 Å². The van der Waals surface area contributed by atoms with Crippen LogP contribution in [0, 0.1) is 12.8 Å². The molecule has 0 radical (unpaired) electrons. The fraction of sp³-hybridized carbons (Fsp3) is 0.300. The molecule has 126 valence electrons. The van der Waals surface area contributed by atoms with Gasteiger partial charge in [0.05, 0.1) is 0 Å². The Hall–Kier alpha value is -2.62. The van der Waals surface area contributed by atoms with Crippen molar-refractivity contribution >= 4 is 23.2 Å². The molecule has 0 fully saturated rings. The van der Waals surface area contributed by atoms with E-state index < -0.39 is 0 Å². The second-order valence-corrected chi connectivity index (χ2v) is 6.03. The highest BCUT2D eigenvalue weighted by Gasteiger charge is 2.13. The lowest BCUT2D eigenvalue weighted by molar-refractivity contribution is -0.119. The maximum Gasteiger partial charge on any atom is 0.255 e. The number of nitrogens with one attached hydrogen (secondary N) is 2. The van der Waals surface area contributed by atoms with Crippen molar-refractivity contribution in [1.29, 1.82) is 0 Å². The summed E-state index contributed by atoms with van der Waals surface area (Å²) in [7, 11) is 0. The molecule has 2 aromatic carbocycles. The van der Waals surface area contributed by atoms with E-state index in [4.69, 9.17) is 0 Å². The molecule has 0 aliphatic rings. The van der Waals surface area contributed by atoms with Crippen molar-refractivity contribution in [3.63, 3.8) is 0 Å². The third kappa shape index (κ3) is 4.69. The Balaban J connectivity index is 2.06. The predicted octanol–water partition coefficient (Wildman–Crippen LogP) is 4.62. The van der Waals surface area contributed by atoms with Gasteiger partial charge in [0.1, 0.15) is 0 Å². The summed E-state index contributed by atoms with van der Waals surface area (Å²) < 4.78 is 0. The van der Waals surface area contributed by atoms with Gasteiger partial charge in [0.15, 0.2) is 0 Å². The van der Waals surface area contributed by atoms with Gasteiger partial charge in [-0.25, -0.2) is 0 Å². The highest BCUT2D eigenvalue weighted by Crippen LogP contribution is 2.18. The molecule has 2 amide bonds. The van der Waals surface area contributed by atoms with Crippen molar-refractivity contribution in [2.24, 2.45) is 5.92 Å². The Labute approximate surface area is 143 Å². The standard InChI is InChI=1S/C20H24N2O2/c1-4-8-15(3)19(23)21-16-10-7-11-17(13-16)22-20(24)18-12-6-5-9-14(18)2/h5-7,9-13,15H,4,8H2,1-3H3,(H,21,23)(H,22,24). The fourth-order valence-corrected chi connectivity index (χ4v) is 2.53. The zero-order chi connectivity index (χ0) is 17.5. The number of anilines is 2. The Morgan fingerprint density at radius 1 is 1.00 bits per heavy atom. The van der Waals surface area contributed by atoms with Gasteiger partial charge >= 0.3 is 0 Å². The van der Waals surface area contributed by atoms with Gasteiger partial charge in [-0.05, 0) is 43.2 Å². The van der Waals surface area contributed by atoms with Crippen LogP contribution < -0.4 is 10.6 Å². The number of carbonyl (C=O) groups excluding carboxylic acids is 2. The van der Waals surface area contributed by atoms with E-state index in [0.717, 1.165) is 18.4 Å². The number of carbonyl (C=O) groups is 2. The van der Waals surface area contributed by atoms with Gasteiger partial charge in [-0.1, -0.05) is 44.5 Å². The lowest BCUT2D eigenvalue weighted by atomic mass is 10.1. The van der Waals surface area contributed by atoms with Crippen LogP contribution in [-0.4, -0.2) is 11.8 Å². The number of amides is 2. The summed E-state index contributed by atoms with van der Waals surface area (Å²) in [6.45, 7) is 5.88. The molecule has 24 heavy (non-hydrogen) atoms. The van der Waals surface area contributed by atoms with Gasteiger partial charge in [0, 0.05) is 22.9 Å². The molecule has 4 heteroatoms. The monoisotopic (exact) mass is 324 g/mol. The molecule has 2 rings (SSSR count). The molecule has 2 aromatic rings.